The summed E-state index contributed by atoms with van der Waals surface area (Å²) in [5.41, 5.74) is 1.38. The van der Waals surface area contributed by atoms with Gasteiger partial charge < -0.3 is 9.73 Å². The van der Waals surface area contributed by atoms with Crippen LogP contribution in [0, 0.1) is 6.92 Å². The standard InChI is InChI=1S/C13H11ClN2O3/c1-8-4-5-9(14)7-10(8)15-13(18)16-12(17)11-3-2-6-19-11/h2-7H,1H3,(H2,15,16,17,18). The molecule has 1 aromatic carbocycles. The number of hydrogen-bond donors (Lipinski definition) is 2. The maximum atomic E-state index is 11.7. The summed E-state index contributed by atoms with van der Waals surface area (Å²) in [6.07, 6.45) is 1.36. The van der Waals surface area contributed by atoms with Crippen LogP contribution in [0.3, 0.4) is 0 Å². The lowest BCUT2D eigenvalue weighted by Crippen LogP contribution is -2.34. The molecular formula is C13H11ClN2O3. The van der Waals surface area contributed by atoms with Crippen molar-refractivity contribution in [2.75, 3.05) is 5.32 Å². The van der Waals surface area contributed by atoms with Gasteiger partial charge in [-0.2, -0.15) is 0 Å². The monoisotopic (exact) mass is 278 g/mol. The topological polar surface area (TPSA) is 71.3 Å². The van der Waals surface area contributed by atoms with E-state index in [-0.39, 0.29) is 5.76 Å². The van der Waals surface area contributed by atoms with Crippen LogP contribution in [-0.2, 0) is 0 Å². The highest BCUT2D eigenvalue weighted by Crippen LogP contribution is 2.19. The molecule has 0 atom stereocenters. The second-order valence-corrected chi connectivity index (χ2v) is 4.28. The number of amides is 3. The van der Waals surface area contributed by atoms with Crippen molar-refractivity contribution in [3.05, 3.63) is 52.9 Å². The molecule has 0 saturated heterocycles. The van der Waals surface area contributed by atoms with Crippen molar-refractivity contribution < 1.29 is 14.0 Å². The minimum atomic E-state index is -0.647. The van der Waals surface area contributed by atoms with Crippen molar-refractivity contribution in [2.45, 2.75) is 6.92 Å². The molecule has 2 rings (SSSR count). The summed E-state index contributed by atoms with van der Waals surface area (Å²) in [4.78, 5) is 23.2. The number of benzene rings is 1. The minimum Gasteiger partial charge on any atom is -0.459 e. The van der Waals surface area contributed by atoms with Crippen LogP contribution in [0.5, 0.6) is 0 Å². The first-order valence-corrected chi connectivity index (χ1v) is 5.86. The molecule has 19 heavy (non-hydrogen) atoms. The maximum absolute atomic E-state index is 11.7. The number of urea groups is 1. The van der Waals surface area contributed by atoms with Crippen LogP contribution in [-0.4, -0.2) is 11.9 Å². The average Bonchev–Trinajstić information content (AvgIpc) is 2.87. The maximum Gasteiger partial charge on any atom is 0.326 e. The molecule has 5 nitrogen and oxygen atoms in total. The summed E-state index contributed by atoms with van der Waals surface area (Å²) in [6, 6.07) is 7.47. The van der Waals surface area contributed by atoms with Crippen LogP contribution < -0.4 is 10.6 Å². The summed E-state index contributed by atoms with van der Waals surface area (Å²) < 4.78 is 4.88. The number of hydrogen-bond acceptors (Lipinski definition) is 3. The van der Waals surface area contributed by atoms with E-state index in [1.807, 2.05) is 6.92 Å². The lowest BCUT2D eigenvalue weighted by Gasteiger charge is -2.08. The van der Waals surface area contributed by atoms with Gasteiger partial charge in [-0.1, -0.05) is 17.7 Å². The summed E-state index contributed by atoms with van der Waals surface area (Å²) in [5.74, 6) is -0.542. The molecule has 0 fully saturated rings. The zero-order valence-corrected chi connectivity index (χ0v) is 10.8. The largest absolute Gasteiger partial charge is 0.459 e. The highest BCUT2D eigenvalue weighted by molar-refractivity contribution is 6.31. The molecule has 98 valence electrons. The van der Waals surface area contributed by atoms with Crippen molar-refractivity contribution >= 4 is 29.2 Å². The van der Waals surface area contributed by atoms with E-state index in [0.717, 1.165) is 5.56 Å². The Morgan fingerprint density at radius 2 is 2.05 bits per heavy atom. The van der Waals surface area contributed by atoms with Crippen molar-refractivity contribution in [3.63, 3.8) is 0 Å². The first-order valence-electron chi connectivity index (χ1n) is 5.48. The fourth-order valence-corrected chi connectivity index (χ4v) is 1.63. The molecule has 0 aliphatic rings. The number of carbonyl (C=O) groups excluding carboxylic acids is 2. The summed E-state index contributed by atoms with van der Waals surface area (Å²) in [6.45, 7) is 1.82. The Hall–Kier alpha value is -2.27. The predicted octanol–water partition coefficient (Wildman–Crippen LogP) is 3.20. The van der Waals surface area contributed by atoms with Gasteiger partial charge in [-0.15, -0.1) is 0 Å². The van der Waals surface area contributed by atoms with Gasteiger partial charge in [-0.3, -0.25) is 10.1 Å². The van der Waals surface area contributed by atoms with E-state index in [1.165, 1.54) is 12.3 Å². The molecule has 2 N–H and O–H groups in total. The van der Waals surface area contributed by atoms with E-state index in [9.17, 15) is 9.59 Å². The van der Waals surface area contributed by atoms with Gasteiger partial charge in [0.15, 0.2) is 5.76 Å². The molecule has 2 aromatic rings. The zero-order valence-electron chi connectivity index (χ0n) is 10.1. The number of carbonyl (C=O) groups is 2. The Morgan fingerprint density at radius 3 is 2.74 bits per heavy atom. The summed E-state index contributed by atoms with van der Waals surface area (Å²) >= 11 is 5.83. The number of furan rings is 1. The summed E-state index contributed by atoms with van der Waals surface area (Å²) in [5, 5.41) is 5.20. The third-order valence-electron chi connectivity index (χ3n) is 2.42. The number of halogens is 1. The van der Waals surface area contributed by atoms with Gasteiger partial charge >= 0.3 is 6.03 Å². The SMILES string of the molecule is Cc1ccc(Cl)cc1NC(=O)NC(=O)c1ccco1. The second-order valence-electron chi connectivity index (χ2n) is 3.84. The van der Waals surface area contributed by atoms with Crippen LogP contribution in [0.25, 0.3) is 0 Å². The molecule has 0 aliphatic carbocycles. The van der Waals surface area contributed by atoms with Gasteiger partial charge in [-0.25, -0.2) is 4.79 Å². The van der Waals surface area contributed by atoms with Crippen LogP contribution in [0.2, 0.25) is 5.02 Å². The molecule has 0 saturated carbocycles. The van der Waals surface area contributed by atoms with Crippen LogP contribution in [0.1, 0.15) is 16.1 Å². The number of anilines is 1. The third-order valence-corrected chi connectivity index (χ3v) is 2.65. The fraction of sp³-hybridized carbons (Fsp3) is 0.0769. The first kappa shape index (κ1) is 13.2. The van der Waals surface area contributed by atoms with Gasteiger partial charge in [0, 0.05) is 10.7 Å². The lowest BCUT2D eigenvalue weighted by molar-refractivity contribution is 0.0940. The van der Waals surface area contributed by atoms with Crippen molar-refractivity contribution in [1.29, 1.82) is 0 Å². The lowest BCUT2D eigenvalue weighted by atomic mass is 10.2. The normalized spacial score (nSPS) is 10.0. The van der Waals surface area contributed by atoms with E-state index in [1.54, 1.807) is 24.3 Å². The molecular weight excluding hydrogens is 268 g/mol. The number of rotatable bonds is 2. The first-order chi connectivity index (χ1) is 9.06. The van der Waals surface area contributed by atoms with Crippen LogP contribution in [0.15, 0.2) is 41.0 Å². The van der Waals surface area contributed by atoms with Gasteiger partial charge in [0.25, 0.3) is 5.91 Å². The smallest absolute Gasteiger partial charge is 0.326 e. The average molecular weight is 279 g/mol. The Morgan fingerprint density at radius 1 is 1.26 bits per heavy atom. The Kier molecular flexibility index (Phi) is 3.87. The second kappa shape index (κ2) is 5.58. The van der Waals surface area contributed by atoms with Crippen molar-refractivity contribution in [2.24, 2.45) is 0 Å². The van der Waals surface area contributed by atoms with Crippen LogP contribution >= 0.6 is 11.6 Å². The third kappa shape index (κ3) is 3.35. The van der Waals surface area contributed by atoms with Gasteiger partial charge in [0.2, 0.25) is 0 Å². The van der Waals surface area contributed by atoms with Crippen LogP contribution in [0.4, 0.5) is 10.5 Å². The number of imide groups is 1. The number of nitrogens with one attached hydrogen (secondary N) is 2. The van der Waals surface area contributed by atoms with Crippen molar-refractivity contribution in [1.82, 2.24) is 5.32 Å². The molecule has 1 aromatic heterocycles. The van der Waals surface area contributed by atoms with E-state index in [4.69, 9.17) is 16.0 Å². The Balaban J connectivity index is 2.02. The zero-order chi connectivity index (χ0) is 13.8. The Bertz CT molecular complexity index is 608. The van der Waals surface area contributed by atoms with E-state index < -0.39 is 11.9 Å². The Labute approximate surface area is 114 Å². The molecule has 0 aliphatic heterocycles. The number of aryl methyl sites for hydroxylation is 1. The van der Waals surface area contributed by atoms with E-state index in [2.05, 4.69) is 10.6 Å². The molecule has 0 unspecified atom stereocenters. The molecule has 0 spiro atoms. The fourth-order valence-electron chi connectivity index (χ4n) is 1.45. The molecule has 6 heteroatoms. The van der Waals surface area contributed by atoms with E-state index in [0.29, 0.717) is 10.7 Å². The van der Waals surface area contributed by atoms with Gasteiger partial charge in [-0.05, 0) is 36.8 Å². The minimum absolute atomic E-state index is 0.0676. The molecule has 0 bridgehead atoms. The highest BCUT2D eigenvalue weighted by Gasteiger charge is 2.13. The highest BCUT2D eigenvalue weighted by atomic mass is 35.5. The summed E-state index contributed by atoms with van der Waals surface area (Å²) in [7, 11) is 0. The van der Waals surface area contributed by atoms with Gasteiger partial charge in [0.1, 0.15) is 0 Å². The molecule has 3 amide bonds. The van der Waals surface area contributed by atoms with Gasteiger partial charge in [0.05, 0.1) is 6.26 Å². The van der Waals surface area contributed by atoms with Crippen molar-refractivity contribution in [3.8, 4) is 0 Å². The predicted molar refractivity (Wildman–Crippen MR) is 71.4 cm³/mol. The molecule has 1 heterocycles. The molecule has 0 radical (unpaired) electrons. The quantitative estimate of drug-likeness (QED) is 0.886. The van der Waals surface area contributed by atoms with E-state index >= 15 is 0 Å².